The Morgan fingerprint density at radius 2 is 1.74 bits per heavy atom. The van der Waals surface area contributed by atoms with Gasteiger partial charge in [0.15, 0.2) is 5.82 Å². The smallest absolute Gasteiger partial charge is 0.243 e. The third kappa shape index (κ3) is 3.27. The first-order valence-corrected chi connectivity index (χ1v) is 8.72. The van der Waals surface area contributed by atoms with Crippen LogP contribution < -0.4 is 9.64 Å². The van der Waals surface area contributed by atoms with Crippen LogP contribution in [0.2, 0.25) is 0 Å². The molecule has 8 heteroatoms. The molecular formula is C15H18N4O3S. The van der Waals surface area contributed by atoms with Crippen LogP contribution in [0.4, 0.5) is 5.82 Å². The molecule has 23 heavy (non-hydrogen) atoms. The minimum atomic E-state index is -3.48. The zero-order chi connectivity index (χ0) is 16.3. The van der Waals surface area contributed by atoms with E-state index in [0.29, 0.717) is 31.9 Å². The zero-order valence-corrected chi connectivity index (χ0v) is 13.6. The Balaban J connectivity index is 1.70. The van der Waals surface area contributed by atoms with Gasteiger partial charge in [0.2, 0.25) is 10.0 Å². The van der Waals surface area contributed by atoms with Crippen molar-refractivity contribution in [3.8, 4) is 5.75 Å². The number of hydrogen-bond donors (Lipinski definition) is 0. The molecule has 0 unspecified atom stereocenters. The molecule has 0 radical (unpaired) electrons. The molecule has 122 valence electrons. The van der Waals surface area contributed by atoms with Crippen molar-refractivity contribution in [3.05, 3.63) is 42.6 Å². The number of rotatable bonds is 4. The van der Waals surface area contributed by atoms with Gasteiger partial charge >= 0.3 is 0 Å². The van der Waals surface area contributed by atoms with Crippen LogP contribution in [0.5, 0.6) is 5.75 Å². The minimum absolute atomic E-state index is 0.284. The summed E-state index contributed by atoms with van der Waals surface area (Å²) in [5, 5.41) is 7.92. The lowest BCUT2D eigenvalue weighted by Gasteiger charge is -2.34. The van der Waals surface area contributed by atoms with Gasteiger partial charge < -0.3 is 9.64 Å². The predicted molar refractivity (Wildman–Crippen MR) is 86.0 cm³/mol. The fourth-order valence-electron chi connectivity index (χ4n) is 2.52. The van der Waals surface area contributed by atoms with E-state index in [1.807, 2.05) is 17.0 Å². The van der Waals surface area contributed by atoms with Crippen LogP contribution in [0.15, 0.2) is 47.5 Å². The lowest BCUT2D eigenvalue weighted by molar-refractivity contribution is 0.383. The summed E-state index contributed by atoms with van der Waals surface area (Å²) in [5.74, 6) is 1.41. The summed E-state index contributed by atoms with van der Waals surface area (Å²) in [4.78, 5) is 2.32. The topological polar surface area (TPSA) is 75.6 Å². The number of anilines is 1. The van der Waals surface area contributed by atoms with E-state index in [-0.39, 0.29) is 4.90 Å². The summed E-state index contributed by atoms with van der Waals surface area (Å²) in [5.41, 5.74) is 0. The van der Waals surface area contributed by atoms with Gasteiger partial charge in [-0.15, -0.1) is 5.10 Å². The third-order valence-corrected chi connectivity index (χ3v) is 5.73. The van der Waals surface area contributed by atoms with Gasteiger partial charge in [-0.1, -0.05) is 0 Å². The fourth-order valence-corrected chi connectivity index (χ4v) is 3.94. The average Bonchev–Trinajstić information content (AvgIpc) is 2.62. The maximum atomic E-state index is 12.7. The first-order valence-electron chi connectivity index (χ1n) is 7.28. The number of hydrogen-bond acceptors (Lipinski definition) is 6. The number of nitrogens with zero attached hydrogens (tertiary/aromatic N) is 4. The second-order valence-corrected chi connectivity index (χ2v) is 7.09. The number of sulfonamides is 1. The van der Waals surface area contributed by atoms with Crippen LogP contribution in [-0.2, 0) is 10.0 Å². The quantitative estimate of drug-likeness (QED) is 0.830. The molecule has 0 N–H and O–H groups in total. The largest absolute Gasteiger partial charge is 0.497 e. The van der Waals surface area contributed by atoms with Crippen molar-refractivity contribution in [1.29, 1.82) is 0 Å². The Morgan fingerprint density at radius 1 is 1.04 bits per heavy atom. The highest BCUT2D eigenvalue weighted by molar-refractivity contribution is 7.89. The summed E-state index contributed by atoms with van der Waals surface area (Å²) in [7, 11) is -1.93. The molecule has 1 saturated heterocycles. The van der Waals surface area contributed by atoms with Crippen molar-refractivity contribution in [3.63, 3.8) is 0 Å². The first kappa shape index (κ1) is 15.7. The van der Waals surface area contributed by atoms with Crippen LogP contribution >= 0.6 is 0 Å². The molecule has 0 amide bonds. The summed E-state index contributed by atoms with van der Waals surface area (Å²) in [6, 6.07) is 10.2. The van der Waals surface area contributed by atoms with E-state index in [1.54, 1.807) is 37.6 Å². The van der Waals surface area contributed by atoms with Gasteiger partial charge in [0, 0.05) is 32.4 Å². The van der Waals surface area contributed by atoms with Crippen LogP contribution in [0.1, 0.15) is 0 Å². The molecule has 0 aliphatic carbocycles. The highest BCUT2D eigenvalue weighted by atomic mass is 32.2. The van der Waals surface area contributed by atoms with E-state index in [4.69, 9.17) is 4.74 Å². The molecule has 1 fully saturated rings. The van der Waals surface area contributed by atoms with Crippen molar-refractivity contribution in [1.82, 2.24) is 14.5 Å². The van der Waals surface area contributed by atoms with E-state index in [9.17, 15) is 8.42 Å². The van der Waals surface area contributed by atoms with Gasteiger partial charge in [-0.2, -0.15) is 9.40 Å². The van der Waals surface area contributed by atoms with Gasteiger partial charge in [-0.3, -0.25) is 0 Å². The summed E-state index contributed by atoms with van der Waals surface area (Å²) in [6.45, 7) is 2.03. The highest BCUT2D eigenvalue weighted by Crippen LogP contribution is 2.21. The maximum absolute atomic E-state index is 12.7. The molecule has 1 aromatic carbocycles. The maximum Gasteiger partial charge on any atom is 0.243 e. The summed E-state index contributed by atoms with van der Waals surface area (Å²) in [6.07, 6.45) is 1.62. The average molecular weight is 334 g/mol. The molecular weight excluding hydrogens is 316 g/mol. The standard InChI is InChI=1S/C15H18N4O3S/c1-22-13-4-6-14(7-5-13)23(20,21)19-11-9-18(10-12-19)15-3-2-8-16-17-15/h2-8H,9-12H2,1H3. The Kier molecular flexibility index (Phi) is 4.44. The molecule has 3 rings (SSSR count). The molecule has 1 aromatic heterocycles. The molecule has 0 spiro atoms. The normalized spacial score (nSPS) is 16.3. The monoisotopic (exact) mass is 334 g/mol. The number of ether oxygens (including phenoxy) is 1. The predicted octanol–water partition coefficient (Wildman–Crippen LogP) is 0.996. The first-order chi connectivity index (χ1) is 11.1. The second-order valence-electron chi connectivity index (χ2n) is 5.15. The van der Waals surface area contributed by atoms with Gasteiger partial charge in [-0.05, 0) is 36.4 Å². The van der Waals surface area contributed by atoms with Gasteiger partial charge in [0.25, 0.3) is 0 Å². The van der Waals surface area contributed by atoms with Crippen molar-refractivity contribution in [2.45, 2.75) is 4.90 Å². The number of aromatic nitrogens is 2. The Hall–Kier alpha value is -2.19. The molecule has 2 aromatic rings. The van der Waals surface area contributed by atoms with Gasteiger partial charge in [-0.25, -0.2) is 8.42 Å². The molecule has 2 heterocycles. The van der Waals surface area contributed by atoms with Crippen molar-refractivity contribution < 1.29 is 13.2 Å². The number of piperazine rings is 1. The minimum Gasteiger partial charge on any atom is -0.497 e. The van der Waals surface area contributed by atoms with Crippen LogP contribution in [0.3, 0.4) is 0 Å². The molecule has 1 aliphatic rings. The van der Waals surface area contributed by atoms with Crippen molar-refractivity contribution in [2.24, 2.45) is 0 Å². The second kappa shape index (κ2) is 6.51. The number of benzene rings is 1. The molecule has 7 nitrogen and oxygen atoms in total. The van der Waals surface area contributed by atoms with Gasteiger partial charge in [0.1, 0.15) is 5.75 Å². The Morgan fingerprint density at radius 3 is 2.30 bits per heavy atom. The van der Waals surface area contributed by atoms with E-state index in [2.05, 4.69) is 10.2 Å². The lowest BCUT2D eigenvalue weighted by atomic mass is 10.3. The number of methoxy groups -OCH3 is 1. The van der Waals surface area contributed by atoms with Crippen LogP contribution in [0, 0.1) is 0 Å². The van der Waals surface area contributed by atoms with E-state index in [1.165, 1.54) is 4.31 Å². The molecule has 0 saturated carbocycles. The van der Waals surface area contributed by atoms with Crippen LogP contribution in [0.25, 0.3) is 0 Å². The van der Waals surface area contributed by atoms with Crippen LogP contribution in [-0.4, -0.2) is 56.2 Å². The molecule has 0 atom stereocenters. The van der Waals surface area contributed by atoms with Crippen molar-refractivity contribution in [2.75, 3.05) is 38.2 Å². The highest BCUT2D eigenvalue weighted by Gasteiger charge is 2.28. The van der Waals surface area contributed by atoms with Crippen molar-refractivity contribution >= 4 is 15.8 Å². The SMILES string of the molecule is COc1ccc(S(=O)(=O)N2CCN(c3cccnn3)CC2)cc1. The van der Waals surface area contributed by atoms with E-state index in [0.717, 1.165) is 5.82 Å². The van der Waals surface area contributed by atoms with E-state index >= 15 is 0 Å². The zero-order valence-electron chi connectivity index (χ0n) is 12.8. The molecule has 1 aliphatic heterocycles. The fraction of sp³-hybridized carbons (Fsp3) is 0.333. The molecule has 0 bridgehead atoms. The summed E-state index contributed by atoms with van der Waals surface area (Å²) < 4.78 is 31.9. The van der Waals surface area contributed by atoms with Gasteiger partial charge in [0.05, 0.1) is 12.0 Å². The van der Waals surface area contributed by atoms with E-state index < -0.39 is 10.0 Å². The third-order valence-electron chi connectivity index (χ3n) is 3.82. The lowest BCUT2D eigenvalue weighted by Crippen LogP contribution is -2.48. The Bertz CT molecular complexity index is 742. The summed E-state index contributed by atoms with van der Waals surface area (Å²) >= 11 is 0. The Labute approximate surface area is 135 Å².